The minimum absolute atomic E-state index is 0.307. The first kappa shape index (κ1) is 20.0. The summed E-state index contributed by atoms with van der Waals surface area (Å²) in [6.45, 7) is 2.39. The van der Waals surface area contributed by atoms with Crippen molar-refractivity contribution in [2.24, 2.45) is 4.99 Å². The smallest absolute Gasteiger partial charge is 0.191 e. The molecule has 0 radical (unpaired) electrons. The average Bonchev–Trinajstić information content (AvgIpc) is 3.42. The number of aromatic nitrogens is 2. The number of hydrogen-bond donors (Lipinski definition) is 2. The number of methoxy groups -OCH3 is 1. The zero-order valence-corrected chi connectivity index (χ0v) is 16.9. The second-order valence-corrected chi connectivity index (χ2v) is 6.98. The van der Waals surface area contributed by atoms with Crippen molar-refractivity contribution in [3.63, 3.8) is 0 Å². The molecule has 0 saturated heterocycles. The molecule has 1 aliphatic rings. The van der Waals surface area contributed by atoms with Crippen molar-refractivity contribution in [1.29, 1.82) is 0 Å². The highest BCUT2D eigenvalue weighted by Gasteiger charge is 2.18. The molecule has 7 heteroatoms. The van der Waals surface area contributed by atoms with Crippen LogP contribution in [0.1, 0.15) is 37.7 Å². The molecular formula is C21H31N5O2. The molecular weight excluding hydrogens is 354 g/mol. The number of nitrogens with zero attached hydrogens (tertiary/aromatic N) is 3. The van der Waals surface area contributed by atoms with E-state index in [1.54, 1.807) is 20.4 Å². The lowest BCUT2D eigenvalue weighted by Gasteiger charge is -2.17. The predicted octanol–water partition coefficient (Wildman–Crippen LogP) is 2.97. The maximum Gasteiger partial charge on any atom is 0.191 e. The van der Waals surface area contributed by atoms with E-state index < -0.39 is 0 Å². The van der Waals surface area contributed by atoms with E-state index >= 15 is 0 Å². The molecule has 152 valence electrons. The minimum Gasteiger partial charge on any atom is -0.493 e. The number of ether oxygens (including phenoxy) is 2. The average molecular weight is 386 g/mol. The lowest BCUT2D eigenvalue weighted by atomic mass is 10.2. The summed E-state index contributed by atoms with van der Waals surface area (Å²) >= 11 is 0. The first-order valence-corrected chi connectivity index (χ1v) is 10.0. The number of aryl methyl sites for hydroxylation is 1. The van der Waals surface area contributed by atoms with Crippen LogP contribution in [0.2, 0.25) is 0 Å². The summed E-state index contributed by atoms with van der Waals surface area (Å²) < 4.78 is 13.6. The molecule has 0 spiro atoms. The third-order valence-corrected chi connectivity index (χ3v) is 4.92. The Morgan fingerprint density at radius 3 is 2.82 bits per heavy atom. The third-order valence-electron chi connectivity index (χ3n) is 4.92. The van der Waals surface area contributed by atoms with Gasteiger partial charge in [-0.3, -0.25) is 9.67 Å². The molecule has 1 aliphatic carbocycles. The Morgan fingerprint density at radius 1 is 1.25 bits per heavy atom. The number of benzene rings is 1. The van der Waals surface area contributed by atoms with Gasteiger partial charge in [-0.1, -0.05) is 6.07 Å². The molecule has 3 rings (SSSR count). The van der Waals surface area contributed by atoms with Crippen LogP contribution in [-0.4, -0.2) is 42.5 Å². The summed E-state index contributed by atoms with van der Waals surface area (Å²) in [4.78, 5) is 4.29. The van der Waals surface area contributed by atoms with E-state index in [-0.39, 0.29) is 0 Å². The van der Waals surface area contributed by atoms with Crippen molar-refractivity contribution < 1.29 is 9.47 Å². The highest BCUT2D eigenvalue weighted by atomic mass is 16.5. The van der Waals surface area contributed by atoms with Gasteiger partial charge in [0, 0.05) is 39.1 Å². The SMILES string of the molecule is CN=C(NCCCn1cccn1)NCc1ccc(OC)c(OC2CCCC2)c1. The molecule has 0 bridgehead atoms. The molecule has 1 saturated carbocycles. The largest absolute Gasteiger partial charge is 0.493 e. The fourth-order valence-electron chi connectivity index (χ4n) is 3.40. The van der Waals surface area contributed by atoms with Crippen LogP contribution in [0.3, 0.4) is 0 Å². The molecule has 1 aromatic carbocycles. The molecule has 1 aromatic heterocycles. The normalized spacial score (nSPS) is 14.9. The Kier molecular flexibility index (Phi) is 7.58. The standard InChI is InChI=1S/C21H31N5O2/c1-22-21(23-11-5-13-26-14-6-12-25-26)24-16-17-9-10-19(27-2)20(15-17)28-18-7-3-4-8-18/h6,9-10,12,14-15,18H,3-5,7-8,11,13,16H2,1-2H3,(H2,22,23,24). The van der Waals surface area contributed by atoms with Crippen molar-refractivity contribution >= 4 is 5.96 Å². The number of guanidine groups is 1. The van der Waals surface area contributed by atoms with E-state index in [1.807, 2.05) is 23.0 Å². The van der Waals surface area contributed by atoms with Gasteiger partial charge in [0.25, 0.3) is 0 Å². The summed E-state index contributed by atoms with van der Waals surface area (Å²) in [5, 5.41) is 10.9. The fraction of sp³-hybridized carbons (Fsp3) is 0.524. The number of aliphatic imine (C=N–C) groups is 1. The van der Waals surface area contributed by atoms with E-state index in [0.717, 1.165) is 55.4 Å². The Bertz CT molecular complexity index is 739. The van der Waals surface area contributed by atoms with Crippen LogP contribution in [0, 0.1) is 0 Å². The summed E-state index contributed by atoms with van der Waals surface area (Å²) in [6, 6.07) is 8.03. The first-order valence-electron chi connectivity index (χ1n) is 10.0. The number of nitrogens with one attached hydrogen (secondary N) is 2. The van der Waals surface area contributed by atoms with Crippen molar-refractivity contribution in [3.8, 4) is 11.5 Å². The zero-order valence-electron chi connectivity index (χ0n) is 16.9. The summed E-state index contributed by atoms with van der Waals surface area (Å²) in [5.41, 5.74) is 1.13. The fourth-order valence-corrected chi connectivity index (χ4v) is 3.40. The molecule has 2 N–H and O–H groups in total. The van der Waals surface area contributed by atoms with Gasteiger partial charge in [-0.2, -0.15) is 5.10 Å². The molecule has 0 amide bonds. The number of hydrogen-bond acceptors (Lipinski definition) is 4. The van der Waals surface area contributed by atoms with Gasteiger partial charge in [0.05, 0.1) is 13.2 Å². The summed E-state index contributed by atoms with van der Waals surface area (Å²) in [6.07, 6.45) is 9.80. The van der Waals surface area contributed by atoms with E-state index in [9.17, 15) is 0 Å². The van der Waals surface area contributed by atoms with Crippen LogP contribution in [-0.2, 0) is 13.1 Å². The van der Waals surface area contributed by atoms with Gasteiger partial charge in [-0.15, -0.1) is 0 Å². The van der Waals surface area contributed by atoms with Gasteiger partial charge in [0.2, 0.25) is 0 Å². The van der Waals surface area contributed by atoms with Crippen LogP contribution >= 0.6 is 0 Å². The van der Waals surface area contributed by atoms with Crippen molar-refractivity contribution in [2.75, 3.05) is 20.7 Å². The molecule has 0 atom stereocenters. The second-order valence-electron chi connectivity index (χ2n) is 6.98. The topological polar surface area (TPSA) is 72.7 Å². The van der Waals surface area contributed by atoms with Gasteiger partial charge in [-0.05, 0) is 55.9 Å². The van der Waals surface area contributed by atoms with Gasteiger partial charge in [-0.25, -0.2) is 0 Å². The van der Waals surface area contributed by atoms with Crippen LogP contribution in [0.15, 0.2) is 41.7 Å². The van der Waals surface area contributed by atoms with Crippen molar-refractivity contribution in [3.05, 3.63) is 42.2 Å². The van der Waals surface area contributed by atoms with Crippen LogP contribution in [0.5, 0.6) is 11.5 Å². The Morgan fingerprint density at radius 2 is 2.11 bits per heavy atom. The molecule has 1 heterocycles. The third kappa shape index (κ3) is 5.90. The van der Waals surface area contributed by atoms with Gasteiger partial charge < -0.3 is 20.1 Å². The van der Waals surface area contributed by atoms with Gasteiger partial charge in [0.1, 0.15) is 0 Å². The lowest BCUT2D eigenvalue weighted by Crippen LogP contribution is -2.37. The van der Waals surface area contributed by atoms with Gasteiger partial charge in [0.15, 0.2) is 17.5 Å². The van der Waals surface area contributed by atoms with Crippen LogP contribution in [0.25, 0.3) is 0 Å². The minimum atomic E-state index is 0.307. The zero-order chi connectivity index (χ0) is 19.6. The maximum atomic E-state index is 6.18. The van der Waals surface area contributed by atoms with E-state index in [1.165, 1.54) is 12.8 Å². The van der Waals surface area contributed by atoms with Crippen molar-refractivity contribution in [2.45, 2.75) is 51.3 Å². The highest BCUT2D eigenvalue weighted by molar-refractivity contribution is 5.79. The molecule has 7 nitrogen and oxygen atoms in total. The second kappa shape index (κ2) is 10.6. The van der Waals surface area contributed by atoms with Crippen molar-refractivity contribution in [1.82, 2.24) is 20.4 Å². The van der Waals surface area contributed by atoms with E-state index in [0.29, 0.717) is 12.6 Å². The first-order chi connectivity index (χ1) is 13.8. The predicted molar refractivity (Wildman–Crippen MR) is 111 cm³/mol. The molecule has 1 fully saturated rings. The summed E-state index contributed by atoms with van der Waals surface area (Å²) in [7, 11) is 3.47. The molecule has 28 heavy (non-hydrogen) atoms. The van der Waals surface area contributed by atoms with Crippen LogP contribution in [0.4, 0.5) is 0 Å². The molecule has 2 aromatic rings. The lowest BCUT2D eigenvalue weighted by molar-refractivity contribution is 0.200. The molecule has 0 unspecified atom stereocenters. The van der Waals surface area contributed by atoms with Gasteiger partial charge >= 0.3 is 0 Å². The Hall–Kier alpha value is -2.70. The maximum absolute atomic E-state index is 6.18. The monoisotopic (exact) mass is 385 g/mol. The quantitative estimate of drug-likeness (QED) is 0.394. The highest BCUT2D eigenvalue weighted by Crippen LogP contribution is 2.32. The summed E-state index contributed by atoms with van der Waals surface area (Å²) in [5.74, 6) is 2.40. The molecule has 0 aliphatic heterocycles. The van der Waals surface area contributed by atoms with E-state index in [2.05, 4.69) is 32.9 Å². The Balaban J connectivity index is 1.47. The van der Waals surface area contributed by atoms with Crippen LogP contribution < -0.4 is 20.1 Å². The van der Waals surface area contributed by atoms with E-state index in [4.69, 9.17) is 9.47 Å². The Labute approximate surface area is 167 Å². The number of rotatable bonds is 9.